The molecule has 1 saturated heterocycles. The van der Waals surface area contributed by atoms with Gasteiger partial charge in [0.15, 0.2) is 0 Å². The van der Waals surface area contributed by atoms with Gasteiger partial charge >= 0.3 is 0 Å². The van der Waals surface area contributed by atoms with Gasteiger partial charge in [0, 0.05) is 11.4 Å². The number of aryl methyl sites for hydroxylation is 1. The SMILES string of the molecule is Cc1ccccc1SCC(=O)NC[C@H](c1ccco1)N1CCCC1. The van der Waals surface area contributed by atoms with Crippen molar-refractivity contribution < 1.29 is 9.21 Å². The molecule has 1 amide bonds. The Balaban J connectivity index is 1.52. The Morgan fingerprint density at radius 2 is 2.04 bits per heavy atom. The lowest BCUT2D eigenvalue weighted by molar-refractivity contribution is -0.118. The number of hydrogen-bond acceptors (Lipinski definition) is 4. The highest BCUT2D eigenvalue weighted by molar-refractivity contribution is 8.00. The highest BCUT2D eigenvalue weighted by Gasteiger charge is 2.25. The van der Waals surface area contributed by atoms with Crippen LogP contribution in [-0.2, 0) is 4.79 Å². The molecule has 1 aromatic carbocycles. The Labute approximate surface area is 147 Å². The van der Waals surface area contributed by atoms with Crippen molar-refractivity contribution in [2.45, 2.75) is 30.7 Å². The summed E-state index contributed by atoms with van der Waals surface area (Å²) in [5.41, 5.74) is 1.21. The third-order valence-electron chi connectivity index (χ3n) is 4.40. The number of nitrogens with one attached hydrogen (secondary N) is 1. The van der Waals surface area contributed by atoms with Crippen LogP contribution in [0.15, 0.2) is 52.0 Å². The first-order valence-electron chi connectivity index (χ1n) is 8.46. The van der Waals surface area contributed by atoms with E-state index in [1.807, 2.05) is 24.3 Å². The molecule has 1 aromatic heterocycles. The molecule has 4 nitrogen and oxygen atoms in total. The van der Waals surface area contributed by atoms with E-state index in [1.54, 1.807) is 18.0 Å². The number of likely N-dealkylation sites (tertiary alicyclic amines) is 1. The molecule has 1 aliphatic rings. The van der Waals surface area contributed by atoms with Gasteiger partial charge in [-0.1, -0.05) is 18.2 Å². The monoisotopic (exact) mass is 344 g/mol. The van der Waals surface area contributed by atoms with Crippen LogP contribution in [0.1, 0.15) is 30.2 Å². The third kappa shape index (κ3) is 4.42. The lowest BCUT2D eigenvalue weighted by atomic mass is 10.2. The minimum absolute atomic E-state index is 0.0685. The average Bonchev–Trinajstić information content (AvgIpc) is 3.28. The third-order valence-corrected chi connectivity index (χ3v) is 5.57. The normalized spacial score (nSPS) is 16.2. The van der Waals surface area contributed by atoms with E-state index in [1.165, 1.54) is 18.4 Å². The summed E-state index contributed by atoms with van der Waals surface area (Å²) in [6.07, 6.45) is 4.14. The van der Waals surface area contributed by atoms with Gasteiger partial charge in [0.1, 0.15) is 5.76 Å². The Morgan fingerprint density at radius 3 is 2.75 bits per heavy atom. The molecule has 24 heavy (non-hydrogen) atoms. The van der Waals surface area contributed by atoms with Crippen LogP contribution in [0.2, 0.25) is 0 Å². The second-order valence-corrected chi connectivity index (χ2v) is 7.15. The predicted octanol–water partition coefficient (Wildman–Crippen LogP) is 3.63. The van der Waals surface area contributed by atoms with Crippen LogP contribution in [-0.4, -0.2) is 36.2 Å². The molecule has 128 valence electrons. The Morgan fingerprint density at radius 1 is 1.25 bits per heavy atom. The highest BCUT2D eigenvalue weighted by Crippen LogP contribution is 2.25. The number of carbonyl (C=O) groups is 1. The largest absolute Gasteiger partial charge is 0.468 e. The smallest absolute Gasteiger partial charge is 0.230 e. The lowest BCUT2D eigenvalue weighted by Gasteiger charge is -2.26. The summed E-state index contributed by atoms with van der Waals surface area (Å²) in [7, 11) is 0. The molecular formula is C19H24N2O2S. The lowest BCUT2D eigenvalue weighted by Crippen LogP contribution is -2.37. The Kier molecular flexibility index (Phi) is 5.99. The predicted molar refractivity (Wildman–Crippen MR) is 97.2 cm³/mol. The van der Waals surface area contributed by atoms with Crippen molar-refractivity contribution in [3.63, 3.8) is 0 Å². The number of rotatable bonds is 7. The average molecular weight is 344 g/mol. The van der Waals surface area contributed by atoms with Gasteiger partial charge in [-0.15, -0.1) is 11.8 Å². The summed E-state index contributed by atoms with van der Waals surface area (Å²) in [4.78, 5) is 15.8. The van der Waals surface area contributed by atoms with Gasteiger partial charge in [0.05, 0.1) is 18.1 Å². The maximum atomic E-state index is 12.2. The molecule has 0 saturated carbocycles. The number of amides is 1. The molecule has 0 spiro atoms. The quantitative estimate of drug-likeness (QED) is 0.779. The van der Waals surface area contributed by atoms with E-state index in [2.05, 4.69) is 29.3 Å². The highest BCUT2D eigenvalue weighted by atomic mass is 32.2. The van der Waals surface area contributed by atoms with E-state index < -0.39 is 0 Å². The van der Waals surface area contributed by atoms with E-state index in [0.29, 0.717) is 12.3 Å². The summed E-state index contributed by atoms with van der Waals surface area (Å²) < 4.78 is 5.59. The van der Waals surface area contributed by atoms with Gasteiger partial charge in [0.2, 0.25) is 5.91 Å². The zero-order valence-electron chi connectivity index (χ0n) is 14.0. The van der Waals surface area contributed by atoms with E-state index in [4.69, 9.17) is 4.42 Å². The molecule has 0 unspecified atom stereocenters. The minimum atomic E-state index is 0.0685. The van der Waals surface area contributed by atoms with Crippen LogP contribution in [0.5, 0.6) is 0 Å². The second-order valence-electron chi connectivity index (χ2n) is 6.13. The summed E-state index contributed by atoms with van der Waals surface area (Å²) in [6.45, 7) is 4.81. The van der Waals surface area contributed by atoms with Crippen LogP contribution < -0.4 is 5.32 Å². The Hall–Kier alpha value is -1.72. The standard InChI is InChI=1S/C19H24N2O2S/c1-15-7-2-3-9-18(15)24-14-19(22)20-13-16(17-8-6-12-23-17)21-10-4-5-11-21/h2-3,6-9,12,16H,4-5,10-11,13-14H2,1H3,(H,20,22)/t16-/m1/s1. The fraction of sp³-hybridized carbons (Fsp3) is 0.421. The van der Waals surface area contributed by atoms with Gasteiger partial charge in [0.25, 0.3) is 0 Å². The topological polar surface area (TPSA) is 45.5 Å². The van der Waals surface area contributed by atoms with Gasteiger partial charge in [-0.05, 0) is 56.6 Å². The van der Waals surface area contributed by atoms with Crippen molar-refractivity contribution in [3.8, 4) is 0 Å². The zero-order valence-corrected chi connectivity index (χ0v) is 14.8. The first kappa shape index (κ1) is 17.1. The van der Waals surface area contributed by atoms with E-state index >= 15 is 0 Å². The van der Waals surface area contributed by atoms with Crippen LogP contribution in [0, 0.1) is 6.92 Å². The van der Waals surface area contributed by atoms with Crippen LogP contribution in [0.3, 0.4) is 0 Å². The molecule has 1 fully saturated rings. The summed E-state index contributed by atoms with van der Waals surface area (Å²) in [6, 6.07) is 12.2. The van der Waals surface area contributed by atoms with Crippen molar-refractivity contribution in [1.82, 2.24) is 10.2 Å². The fourth-order valence-corrected chi connectivity index (χ4v) is 3.93. The van der Waals surface area contributed by atoms with Crippen LogP contribution in [0.25, 0.3) is 0 Å². The fourth-order valence-electron chi connectivity index (χ4n) is 3.07. The van der Waals surface area contributed by atoms with Crippen molar-refractivity contribution >= 4 is 17.7 Å². The van der Waals surface area contributed by atoms with Gasteiger partial charge in [-0.25, -0.2) is 0 Å². The number of carbonyl (C=O) groups excluding carboxylic acids is 1. The van der Waals surface area contributed by atoms with E-state index in [9.17, 15) is 4.79 Å². The van der Waals surface area contributed by atoms with Crippen molar-refractivity contribution in [2.24, 2.45) is 0 Å². The molecule has 1 atom stereocenters. The van der Waals surface area contributed by atoms with Crippen LogP contribution in [0.4, 0.5) is 0 Å². The van der Waals surface area contributed by atoms with E-state index in [-0.39, 0.29) is 11.9 Å². The molecule has 2 aromatic rings. The van der Waals surface area contributed by atoms with Crippen molar-refractivity contribution in [1.29, 1.82) is 0 Å². The molecule has 5 heteroatoms. The number of nitrogens with zero attached hydrogens (tertiary/aromatic N) is 1. The first-order chi connectivity index (χ1) is 11.7. The zero-order chi connectivity index (χ0) is 16.8. The van der Waals surface area contributed by atoms with Gasteiger partial charge < -0.3 is 9.73 Å². The molecule has 0 radical (unpaired) electrons. The summed E-state index contributed by atoms with van der Waals surface area (Å²) in [5, 5.41) is 3.08. The Bertz CT molecular complexity index is 651. The molecule has 3 rings (SSSR count). The van der Waals surface area contributed by atoms with E-state index in [0.717, 1.165) is 23.7 Å². The molecule has 1 aliphatic heterocycles. The molecular weight excluding hydrogens is 320 g/mol. The molecule has 2 heterocycles. The van der Waals surface area contributed by atoms with Crippen LogP contribution >= 0.6 is 11.8 Å². The number of benzene rings is 1. The van der Waals surface area contributed by atoms with Crippen molar-refractivity contribution in [2.75, 3.05) is 25.4 Å². The maximum Gasteiger partial charge on any atom is 0.230 e. The van der Waals surface area contributed by atoms with Gasteiger partial charge in [-0.2, -0.15) is 0 Å². The summed E-state index contributed by atoms with van der Waals surface area (Å²) >= 11 is 1.59. The molecule has 0 aliphatic carbocycles. The minimum Gasteiger partial charge on any atom is -0.468 e. The number of thioether (sulfide) groups is 1. The van der Waals surface area contributed by atoms with Crippen molar-refractivity contribution in [3.05, 3.63) is 54.0 Å². The first-order valence-corrected chi connectivity index (χ1v) is 9.45. The van der Waals surface area contributed by atoms with Gasteiger partial charge in [-0.3, -0.25) is 9.69 Å². The molecule has 0 bridgehead atoms. The molecule has 1 N–H and O–H groups in total. The maximum absolute atomic E-state index is 12.2. The number of hydrogen-bond donors (Lipinski definition) is 1. The number of furan rings is 1. The second kappa shape index (κ2) is 8.40. The summed E-state index contributed by atoms with van der Waals surface area (Å²) in [5.74, 6) is 1.44.